The third kappa shape index (κ3) is 3.84. The highest BCUT2D eigenvalue weighted by Gasteiger charge is 2.38. The van der Waals surface area contributed by atoms with E-state index in [1.165, 1.54) is 23.1 Å². The van der Waals surface area contributed by atoms with Crippen LogP contribution in [0.15, 0.2) is 35.5 Å². The van der Waals surface area contributed by atoms with Crippen molar-refractivity contribution in [2.45, 2.75) is 43.8 Å². The van der Waals surface area contributed by atoms with Crippen molar-refractivity contribution in [2.75, 3.05) is 0 Å². The Kier molecular flexibility index (Phi) is 5.48. The fourth-order valence-corrected chi connectivity index (χ4v) is 4.27. The first-order valence-corrected chi connectivity index (χ1v) is 10.9. The number of hydrogen-bond donors (Lipinski definition) is 1. The molecule has 0 bridgehead atoms. The zero-order chi connectivity index (χ0) is 25.6. The third-order valence-electron chi connectivity index (χ3n) is 6.37. The lowest BCUT2D eigenvalue weighted by Crippen LogP contribution is -2.28. The number of nitriles is 2. The maximum absolute atomic E-state index is 13.0. The van der Waals surface area contributed by atoms with E-state index in [0.717, 1.165) is 18.7 Å². The Morgan fingerprint density at radius 2 is 1.81 bits per heavy atom. The molecule has 0 aromatic carbocycles. The number of nitrogens with one attached hydrogen (secondary N) is 1. The summed E-state index contributed by atoms with van der Waals surface area (Å²) in [5, 5.41) is 22.7. The highest BCUT2D eigenvalue weighted by molar-refractivity contribution is 5.80. The van der Waals surface area contributed by atoms with Gasteiger partial charge in [0.1, 0.15) is 34.9 Å². The number of aromatic amines is 1. The van der Waals surface area contributed by atoms with Crippen LogP contribution in [0.1, 0.15) is 71.8 Å². The van der Waals surface area contributed by atoms with Crippen LogP contribution in [-0.2, 0) is 6.18 Å². The molecule has 1 saturated carbocycles. The summed E-state index contributed by atoms with van der Waals surface area (Å²) in [7, 11) is 0. The van der Waals surface area contributed by atoms with Crippen LogP contribution < -0.4 is 5.56 Å². The molecule has 0 unspecified atom stereocenters. The van der Waals surface area contributed by atoms with Crippen molar-refractivity contribution in [1.82, 2.24) is 34.7 Å². The quantitative estimate of drug-likeness (QED) is 0.457. The molecule has 1 N–H and O–H groups in total. The maximum Gasteiger partial charge on any atom is 0.433 e. The van der Waals surface area contributed by atoms with Crippen molar-refractivity contribution in [3.8, 4) is 12.1 Å². The van der Waals surface area contributed by atoms with Gasteiger partial charge in [-0.3, -0.25) is 9.78 Å². The van der Waals surface area contributed by atoms with E-state index in [9.17, 15) is 23.2 Å². The smallest absolute Gasteiger partial charge is 0.310 e. The first kappa shape index (κ1) is 23.1. The molecule has 1 aliphatic carbocycles. The SMILES string of the molecule is C[C@H](c1ccc(C(F)(F)F)nc1)n1nc(C#N)c2c(=O)[nH]c([C@@H]3CC[C@H]3c3ncc(C#N)cn3)nc21. The zero-order valence-corrected chi connectivity index (χ0v) is 18.7. The fraction of sp³-hybridized carbons (Fsp3) is 0.304. The second-order valence-corrected chi connectivity index (χ2v) is 8.44. The topological polar surface area (TPSA) is 150 Å². The number of pyridine rings is 1. The Morgan fingerprint density at radius 1 is 1.08 bits per heavy atom. The summed E-state index contributed by atoms with van der Waals surface area (Å²) >= 11 is 0. The summed E-state index contributed by atoms with van der Waals surface area (Å²) in [4.78, 5) is 32.4. The second kappa shape index (κ2) is 8.53. The molecule has 180 valence electrons. The Balaban J connectivity index is 1.55. The van der Waals surface area contributed by atoms with Crippen LogP contribution in [0.2, 0.25) is 0 Å². The van der Waals surface area contributed by atoms with E-state index in [-0.39, 0.29) is 28.6 Å². The molecule has 36 heavy (non-hydrogen) atoms. The molecule has 4 aromatic heterocycles. The maximum atomic E-state index is 13.0. The second-order valence-electron chi connectivity index (χ2n) is 8.44. The highest BCUT2D eigenvalue weighted by atomic mass is 19.4. The molecule has 4 aromatic rings. The van der Waals surface area contributed by atoms with Crippen LogP contribution in [-0.4, -0.2) is 34.7 Å². The number of hydrogen-bond acceptors (Lipinski definition) is 8. The van der Waals surface area contributed by atoms with Gasteiger partial charge in [-0.15, -0.1) is 0 Å². The minimum atomic E-state index is -4.57. The molecule has 0 spiro atoms. The fourth-order valence-electron chi connectivity index (χ4n) is 4.27. The monoisotopic (exact) mass is 491 g/mol. The van der Waals surface area contributed by atoms with Crippen LogP contribution in [0.4, 0.5) is 13.2 Å². The van der Waals surface area contributed by atoms with Crippen LogP contribution in [0.25, 0.3) is 11.0 Å². The van der Waals surface area contributed by atoms with E-state index >= 15 is 0 Å². The Labute approximate surface area is 201 Å². The summed E-state index contributed by atoms with van der Waals surface area (Å²) in [6, 6.07) is 5.33. The summed E-state index contributed by atoms with van der Waals surface area (Å²) in [6.07, 6.45) is 0.853. The average molecular weight is 491 g/mol. The molecule has 5 rings (SSSR count). The predicted octanol–water partition coefficient (Wildman–Crippen LogP) is 3.34. The minimum absolute atomic E-state index is 0.00142. The molecular weight excluding hydrogens is 475 g/mol. The zero-order valence-electron chi connectivity index (χ0n) is 18.7. The van der Waals surface area contributed by atoms with Gasteiger partial charge in [0.05, 0.1) is 11.6 Å². The number of alkyl halides is 3. The summed E-state index contributed by atoms with van der Waals surface area (Å²) in [5.74, 6) is 0.581. The number of nitrogens with zero attached hydrogens (tertiary/aromatic N) is 8. The van der Waals surface area contributed by atoms with E-state index in [1.807, 2.05) is 12.1 Å². The molecule has 0 amide bonds. The van der Waals surface area contributed by atoms with Gasteiger partial charge in [0.2, 0.25) is 0 Å². The number of halogens is 3. The van der Waals surface area contributed by atoms with Crippen LogP contribution in [0.5, 0.6) is 0 Å². The Bertz CT molecular complexity index is 1590. The normalized spacial score (nSPS) is 18.3. The van der Waals surface area contributed by atoms with E-state index < -0.39 is 23.5 Å². The van der Waals surface area contributed by atoms with Gasteiger partial charge in [0.25, 0.3) is 5.56 Å². The Morgan fingerprint density at radius 3 is 2.36 bits per heavy atom. The van der Waals surface area contributed by atoms with Gasteiger partial charge < -0.3 is 4.98 Å². The lowest BCUT2D eigenvalue weighted by atomic mass is 9.72. The molecule has 0 aliphatic heterocycles. The number of fused-ring (bicyclic) bond motifs is 1. The molecule has 13 heteroatoms. The molecule has 1 fully saturated rings. The summed E-state index contributed by atoms with van der Waals surface area (Å²) < 4.78 is 40.1. The van der Waals surface area contributed by atoms with Crippen molar-refractivity contribution in [2.24, 2.45) is 0 Å². The lowest BCUT2D eigenvalue weighted by Gasteiger charge is -2.34. The van der Waals surface area contributed by atoms with Crippen molar-refractivity contribution in [3.05, 3.63) is 75.2 Å². The standard InChI is InChI=1S/C23H16F3N9O/c1-11(13-2-5-17(29-10-13)23(24,25)26)35-21-18(16(7-28)34-35)22(36)33-20(32-21)15-4-3-14(15)19-30-8-12(6-27)9-31-19/h2,5,8-11,14-15H,3-4H2,1H3,(H,32,33,36)/t11-,14-,15-/m1/s1. The van der Waals surface area contributed by atoms with Crippen molar-refractivity contribution in [3.63, 3.8) is 0 Å². The van der Waals surface area contributed by atoms with Gasteiger partial charge in [-0.2, -0.15) is 28.8 Å². The number of rotatable bonds is 4. The van der Waals surface area contributed by atoms with Gasteiger partial charge in [0.15, 0.2) is 11.3 Å². The van der Waals surface area contributed by atoms with Gasteiger partial charge in [-0.1, -0.05) is 6.07 Å². The lowest BCUT2D eigenvalue weighted by molar-refractivity contribution is -0.141. The molecule has 1 aliphatic rings. The van der Waals surface area contributed by atoms with Crippen LogP contribution >= 0.6 is 0 Å². The average Bonchev–Trinajstić information content (AvgIpc) is 3.22. The van der Waals surface area contributed by atoms with Crippen LogP contribution in [0.3, 0.4) is 0 Å². The van der Waals surface area contributed by atoms with Crippen molar-refractivity contribution >= 4 is 11.0 Å². The molecule has 4 heterocycles. The minimum Gasteiger partial charge on any atom is -0.310 e. The first-order valence-electron chi connectivity index (χ1n) is 10.9. The molecule has 0 saturated heterocycles. The molecular formula is C23H16F3N9O. The van der Waals surface area contributed by atoms with E-state index in [1.54, 1.807) is 6.92 Å². The van der Waals surface area contributed by atoms with E-state index in [4.69, 9.17) is 5.26 Å². The molecule has 3 atom stereocenters. The van der Waals surface area contributed by atoms with Gasteiger partial charge in [-0.05, 0) is 31.4 Å². The van der Waals surface area contributed by atoms with Crippen LogP contribution in [0, 0.1) is 22.7 Å². The van der Waals surface area contributed by atoms with Crippen molar-refractivity contribution < 1.29 is 13.2 Å². The molecule has 10 nitrogen and oxygen atoms in total. The number of aromatic nitrogens is 7. The van der Waals surface area contributed by atoms with Gasteiger partial charge in [0, 0.05) is 30.4 Å². The van der Waals surface area contributed by atoms with E-state index in [0.29, 0.717) is 29.2 Å². The predicted molar refractivity (Wildman–Crippen MR) is 117 cm³/mol. The summed E-state index contributed by atoms with van der Waals surface area (Å²) in [6.45, 7) is 1.66. The van der Waals surface area contributed by atoms with Crippen molar-refractivity contribution in [1.29, 1.82) is 10.5 Å². The van der Waals surface area contributed by atoms with Gasteiger partial charge in [-0.25, -0.2) is 19.6 Å². The molecule has 0 radical (unpaired) electrons. The number of H-pyrrole nitrogens is 1. The Hall–Kier alpha value is -4.65. The van der Waals surface area contributed by atoms with Gasteiger partial charge >= 0.3 is 6.18 Å². The third-order valence-corrected chi connectivity index (χ3v) is 6.37. The first-order chi connectivity index (χ1) is 17.2. The highest BCUT2D eigenvalue weighted by Crippen LogP contribution is 2.46. The largest absolute Gasteiger partial charge is 0.433 e. The van der Waals surface area contributed by atoms with E-state index in [2.05, 4.69) is 30.0 Å². The summed E-state index contributed by atoms with van der Waals surface area (Å²) in [5.41, 5.74) is -0.835.